The first-order valence-electron chi connectivity index (χ1n) is 20.1. The van der Waals surface area contributed by atoms with Crippen molar-refractivity contribution in [3.63, 3.8) is 0 Å². The molecule has 0 saturated heterocycles. The van der Waals surface area contributed by atoms with Crippen LogP contribution in [0.5, 0.6) is 11.5 Å². The van der Waals surface area contributed by atoms with Gasteiger partial charge >= 0.3 is 0 Å². The zero-order valence-electron chi connectivity index (χ0n) is 34.6. The van der Waals surface area contributed by atoms with Crippen LogP contribution in [0.15, 0.2) is 84.9 Å². The number of phenolic OH excluding ortho intramolecular Hbond substituents is 2. The summed E-state index contributed by atoms with van der Waals surface area (Å²) in [6, 6.07) is 16.3. The van der Waals surface area contributed by atoms with Gasteiger partial charge in [-0.2, -0.15) is 0 Å². The number of likely N-dealkylation sites (N-methyl/N-ethyl adjacent to an activating group) is 1. The Morgan fingerprint density at radius 2 is 1.52 bits per heavy atom. The van der Waals surface area contributed by atoms with Crippen LogP contribution >= 0.6 is 11.6 Å². The molecule has 5 aromatic rings. The Labute approximate surface area is 367 Å². The molecule has 6 rings (SSSR count). The Morgan fingerprint density at radius 3 is 2.17 bits per heavy atom. The van der Waals surface area contributed by atoms with E-state index in [1.54, 1.807) is 36.4 Å². The van der Waals surface area contributed by atoms with Crippen molar-refractivity contribution in [2.24, 2.45) is 5.73 Å². The van der Waals surface area contributed by atoms with Crippen LogP contribution in [0.25, 0.3) is 22.3 Å². The fourth-order valence-corrected chi connectivity index (χ4v) is 7.31. The Bertz CT molecular complexity index is 2480. The Morgan fingerprint density at radius 1 is 0.873 bits per heavy atom. The van der Waals surface area contributed by atoms with Crippen molar-refractivity contribution in [3.8, 4) is 33.8 Å². The number of H-pyrrole nitrogens is 1. The van der Waals surface area contributed by atoms with Gasteiger partial charge in [-0.05, 0) is 121 Å². The van der Waals surface area contributed by atoms with E-state index in [2.05, 4.69) is 41.9 Å². The van der Waals surface area contributed by atoms with Gasteiger partial charge in [-0.15, -0.1) is 5.10 Å². The van der Waals surface area contributed by atoms with Crippen LogP contribution in [0.1, 0.15) is 71.3 Å². The van der Waals surface area contributed by atoms with Gasteiger partial charge in [0.2, 0.25) is 35.2 Å². The standard InChI is InChI=1S/C44H47ClN10O8/c1-23(38(58)39-51-53-54-52-39)47-42(61)34-21-25-7-17-35(56)31(20-25)32-22-29(14-18-36(32)57)37(43(62)48-24(2)40(59)50-34)55(3)44(63)33(6-4-5-19-46)49-41(60)28-10-8-26(9-11-28)27-12-15-30(45)16-13-27/h7-18,20,22-24,33-34,37,56-57H,4-6,19,21,46H2,1-3H3,(H,47,61)(H,48,62)(H,49,60)(H,50,59)(H,51,52,53,54)/t23-,24-,33-,34-,37-/m0/s1. The minimum Gasteiger partial charge on any atom is -0.507 e. The van der Waals surface area contributed by atoms with Crippen LogP contribution in [0.3, 0.4) is 0 Å². The predicted molar refractivity (Wildman–Crippen MR) is 231 cm³/mol. The molecule has 0 fully saturated rings. The average Bonchev–Trinajstić information content (AvgIpc) is 3.82. The lowest BCUT2D eigenvalue weighted by molar-refractivity contribution is -0.141. The molecule has 5 amide bonds. The minimum atomic E-state index is -1.45. The van der Waals surface area contributed by atoms with Crippen LogP contribution in [0, 0.1) is 0 Å². The fourth-order valence-electron chi connectivity index (χ4n) is 7.19. The van der Waals surface area contributed by atoms with Gasteiger partial charge in [0.1, 0.15) is 35.7 Å². The van der Waals surface area contributed by atoms with Crippen LogP contribution < -0.4 is 27.0 Å². The molecule has 4 aromatic carbocycles. The van der Waals surface area contributed by atoms with Gasteiger partial charge < -0.3 is 42.1 Å². The maximum Gasteiger partial charge on any atom is 0.251 e. The summed E-state index contributed by atoms with van der Waals surface area (Å²) in [6.07, 6.45) is 1.04. The summed E-state index contributed by atoms with van der Waals surface area (Å²) >= 11 is 6.04. The van der Waals surface area contributed by atoms with E-state index in [1.165, 1.54) is 57.3 Å². The van der Waals surface area contributed by atoms with E-state index in [9.17, 15) is 39.0 Å². The third kappa shape index (κ3) is 10.8. The Kier molecular flexibility index (Phi) is 14.5. The highest BCUT2D eigenvalue weighted by atomic mass is 35.5. The molecule has 328 valence electrons. The number of carbonyl (C=O) groups excluding carboxylic acids is 6. The van der Waals surface area contributed by atoms with Crippen LogP contribution in [-0.2, 0) is 25.6 Å². The lowest BCUT2D eigenvalue weighted by Crippen LogP contribution is -2.57. The molecular weight excluding hydrogens is 832 g/mol. The zero-order valence-corrected chi connectivity index (χ0v) is 35.3. The largest absolute Gasteiger partial charge is 0.507 e. The number of amides is 5. The van der Waals surface area contributed by atoms with Gasteiger partial charge in [0.05, 0.1) is 6.04 Å². The summed E-state index contributed by atoms with van der Waals surface area (Å²) in [6.45, 7) is 3.15. The smallest absolute Gasteiger partial charge is 0.251 e. The number of hydrogen-bond donors (Lipinski definition) is 8. The van der Waals surface area contributed by atoms with Crippen molar-refractivity contribution >= 4 is 46.9 Å². The van der Waals surface area contributed by atoms with Gasteiger partial charge in [0.15, 0.2) is 0 Å². The molecule has 1 aromatic heterocycles. The van der Waals surface area contributed by atoms with Crippen molar-refractivity contribution in [1.29, 1.82) is 0 Å². The molecule has 1 aliphatic heterocycles. The van der Waals surface area contributed by atoms with Gasteiger partial charge in [0.25, 0.3) is 5.91 Å². The van der Waals surface area contributed by atoms with Crippen molar-refractivity contribution in [2.45, 2.75) is 69.7 Å². The SMILES string of the molecule is C[C@@H]1NC(=O)[C@@H](N(C)C(=O)[C@H](CCCCN)NC(=O)c2ccc(-c3ccc(Cl)cc3)cc2)c2ccc(O)c(c2)-c2cc(ccc2O)C[C@@H](C(=O)N[C@@H](C)C(=O)c2nnn[nH]2)NC1=O. The molecule has 9 N–H and O–H groups in total. The first-order chi connectivity index (χ1) is 30.1. The van der Waals surface area contributed by atoms with E-state index in [1.807, 2.05) is 12.1 Å². The highest BCUT2D eigenvalue weighted by molar-refractivity contribution is 6.30. The van der Waals surface area contributed by atoms with E-state index < -0.39 is 65.5 Å². The highest BCUT2D eigenvalue weighted by Crippen LogP contribution is 2.39. The summed E-state index contributed by atoms with van der Waals surface area (Å²) in [7, 11) is 1.38. The first kappa shape index (κ1) is 45.3. The number of halogens is 1. The van der Waals surface area contributed by atoms with E-state index >= 15 is 0 Å². The number of rotatable bonds is 13. The number of Topliss-reactive ketones (excluding diaryl/α,β-unsaturated/α-hetero) is 1. The predicted octanol–water partition coefficient (Wildman–Crippen LogP) is 2.96. The second-order valence-electron chi connectivity index (χ2n) is 15.2. The molecular formula is C44H47ClN10O8. The molecule has 0 unspecified atom stereocenters. The molecule has 0 spiro atoms. The number of phenols is 2. The maximum atomic E-state index is 14.6. The summed E-state index contributed by atoms with van der Waals surface area (Å²) in [5.74, 6) is -4.87. The number of nitrogens with two attached hydrogens (primary N) is 1. The van der Waals surface area contributed by atoms with E-state index in [-0.39, 0.29) is 52.4 Å². The number of nitrogens with zero attached hydrogens (tertiary/aromatic N) is 4. The zero-order chi connectivity index (χ0) is 45.4. The normalized spacial score (nSPS) is 17.3. The van der Waals surface area contributed by atoms with Crippen LogP contribution in [0.2, 0.25) is 5.02 Å². The molecule has 1 aliphatic rings. The van der Waals surface area contributed by atoms with Gasteiger partial charge in [-0.25, -0.2) is 5.10 Å². The monoisotopic (exact) mass is 878 g/mol. The van der Waals surface area contributed by atoms with E-state index in [0.717, 1.165) is 16.0 Å². The maximum absolute atomic E-state index is 14.6. The number of carbonyl (C=O) groups is 6. The summed E-state index contributed by atoms with van der Waals surface area (Å²) in [5.41, 5.74) is 8.65. The van der Waals surface area contributed by atoms with E-state index in [0.29, 0.717) is 30.0 Å². The number of hydrogen-bond acceptors (Lipinski definition) is 12. The Balaban J connectivity index is 1.31. The summed E-state index contributed by atoms with van der Waals surface area (Å²) in [5, 5.41) is 46.2. The molecule has 0 aliphatic carbocycles. The number of fused-ring (bicyclic) bond motifs is 5. The quantitative estimate of drug-likeness (QED) is 0.0627. The van der Waals surface area contributed by atoms with Crippen molar-refractivity contribution in [2.75, 3.05) is 13.6 Å². The molecule has 0 saturated carbocycles. The first-order valence-corrected chi connectivity index (χ1v) is 20.5. The molecule has 18 nitrogen and oxygen atoms in total. The number of aromatic amines is 1. The topological polar surface area (TPSA) is 275 Å². The lowest BCUT2D eigenvalue weighted by atomic mass is 9.93. The lowest BCUT2D eigenvalue weighted by Gasteiger charge is -2.32. The van der Waals surface area contributed by atoms with Gasteiger partial charge in [-0.1, -0.05) is 48.0 Å². The Hall–Kier alpha value is -7.18. The van der Waals surface area contributed by atoms with E-state index in [4.69, 9.17) is 17.3 Å². The van der Waals surface area contributed by atoms with Crippen molar-refractivity contribution in [1.82, 2.24) is 46.8 Å². The molecule has 5 atom stereocenters. The average molecular weight is 879 g/mol. The van der Waals surface area contributed by atoms with Crippen LogP contribution in [-0.4, -0.2) is 109 Å². The molecule has 0 radical (unpaired) electrons. The van der Waals surface area contributed by atoms with Crippen LogP contribution in [0.4, 0.5) is 0 Å². The molecule has 4 bridgehead atoms. The number of unbranched alkanes of at least 4 members (excludes halogenated alkanes) is 1. The molecule has 63 heavy (non-hydrogen) atoms. The van der Waals surface area contributed by atoms with Crippen molar-refractivity contribution in [3.05, 3.63) is 112 Å². The number of benzene rings is 4. The second-order valence-corrected chi connectivity index (χ2v) is 15.7. The summed E-state index contributed by atoms with van der Waals surface area (Å²) < 4.78 is 0. The number of tetrazole rings is 1. The van der Waals surface area contributed by atoms with Gasteiger partial charge in [-0.3, -0.25) is 28.8 Å². The van der Waals surface area contributed by atoms with Gasteiger partial charge in [0, 0.05) is 35.2 Å². The number of nitrogens with one attached hydrogen (secondary N) is 5. The second kappa shape index (κ2) is 20.1. The number of ketones is 1. The highest BCUT2D eigenvalue weighted by Gasteiger charge is 2.36. The fraction of sp³-hybridized carbons (Fsp3) is 0.295. The third-order valence-electron chi connectivity index (χ3n) is 10.7. The molecule has 19 heteroatoms. The number of aromatic nitrogens is 4. The number of aromatic hydroxyl groups is 2. The minimum absolute atomic E-state index is 0.0929. The summed E-state index contributed by atoms with van der Waals surface area (Å²) in [4.78, 5) is 84.2. The third-order valence-corrected chi connectivity index (χ3v) is 11.0. The molecule has 2 heterocycles. The van der Waals surface area contributed by atoms with Crippen molar-refractivity contribution < 1.29 is 39.0 Å².